The maximum absolute atomic E-state index is 12.6. The molecule has 0 bridgehead atoms. The molecular formula is C17H12N2O6. The van der Waals surface area contributed by atoms with E-state index in [-0.39, 0.29) is 29.0 Å². The zero-order chi connectivity index (χ0) is 18.1. The summed E-state index contributed by atoms with van der Waals surface area (Å²) in [4.78, 5) is 47.8. The second-order valence-electron chi connectivity index (χ2n) is 5.23. The Balaban J connectivity index is 2.03. The molecule has 126 valence electrons. The molecule has 8 nitrogen and oxygen atoms in total. The van der Waals surface area contributed by atoms with E-state index in [1.54, 1.807) is 6.92 Å². The third kappa shape index (κ3) is 2.74. The van der Waals surface area contributed by atoms with Crippen LogP contribution in [-0.4, -0.2) is 22.7 Å². The highest BCUT2D eigenvalue weighted by molar-refractivity contribution is 6.35. The van der Waals surface area contributed by atoms with Gasteiger partial charge in [-0.25, -0.2) is 4.90 Å². The molecule has 2 aromatic carbocycles. The van der Waals surface area contributed by atoms with Crippen molar-refractivity contribution < 1.29 is 24.0 Å². The number of fused-ring (bicyclic) bond motifs is 1. The van der Waals surface area contributed by atoms with Crippen LogP contribution < -0.4 is 9.64 Å². The number of esters is 1. The average molecular weight is 340 g/mol. The van der Waals surface area contributed by atoms with Crippen molar-refractivity contribution in [2.24, 2.45) is 0 Å². The molecule has 0 saturated carbocycles. The molecule has 2 amide bonds. The number of hydrogen-bond donors (Lipinski definition) is 0. The van der Waals surface area contributed by atoms with Crippen LogP contribution in [0.5, 0.6) is 5.75 Å². The SMILES string of the molecule is CCC(=O)Oc1cccc(N2C(=O)c3cccc([N+](=O)[O-])c3C2=O)c1. The molecule has 0 aromatic heterocycles. The second-order valence-corrected chi connectivity index (χ2v) is 5.23. The van der Waals surface area contributed by atoms with Crippen LogP contribution in [0, 0.1) is 10.1 Å². The molecule has 3 rings (SSSR count). The Morgan fingerprint density at radius 1 is 1.16 bits per heavy atom. The molecule has 2 aromatic rings. The molecule has 1 aliphatic heterocycles. The Morgan fingerprint density at radius 2 is 1.88 bits per heavy atom. The fourth-order valence-electron chi connectivity index (χ4n) is 2.54. The zero-order valence-electron chi connectivity index (χ0n) is 13.1. The molecule has 0 radical (unpaired) electrons. The van der Waals surface area contributed by atoms with Crippen LogP contribution in [0.4, 0.5) is 11.4 Å². The van der Waals surface area contributed by atoms with Crippen molar-refractivity contribution in [2.75, 3.05) is 4.90 Å². The van der Waals surface area contributed by atoms with E-state index >= 15 is 0 Å². The maximum Gasteiger partial charge on any atom is 0.310 e. The quantitative estimate of drug-likeness (QED) is 0.278. The summed E-state index contributed by atoms with van der Waals surface area (Å²) in [6.45, 7) is 1.63. The van der Waals surface area contributed by atoms with E-state index in [1.807, 2.05) is 0 Å². The first-order chi connectivity index (χ1) is 11.9. The third-order valence-electron chi connectivity index (χ3n) is 3.69. The lowest BCUT2D eigenvalue weighted by atomic mass is 10.1. The number of ether oxygens (including phenoxy) is 1. The van der Waals surface area contributed by atoms with Gasteiger partial charge in [0.05, 0.1) is 16.2 Å². The molecule has 0 unspecified atom stereocenters. The van der Waals surface area contributed by atoms with Gasteiger partial charge < -0.3 is 4.74 Å². The normalized spacial score (nSPS) is 12.9. The number of nitro benzene ring substituents is 1. The standard InChI is InChI=1S/C17H12N2O6/c1-2-14(20)25-11-6-3-5-10(9-11)18-16(21)12-7-4-8-13(19(23)24)15(12)17(18)22/h3-9H,2H2,1H3. The first-order valence-electron chi connectivity index (χ1n) is 7.41. The molecule has 1 heterocycles. The van der Waals surface area contributed by atoms with Crippen molar-refractivity contribution in [3.63, 3.8) is 0 Å². The number of nitrogens with zero attached hydrogens (tertiary/aromatic N) is 2. The summed E-state index contributed by atoms with van der Waals surface area (Å²) in [5.41, 5.74) is -0.530. The fourth-order valence-corrected chi connectivity index (χ4v) is 2.54. The molecule has 1 aliphatic rings. The summed E-state index contributed by atoms with van der Waals surface area (Å²) >= 11 is 0. The van der Waals surface area contributed by atoms with Crippen molar-refractivity contribution in [3.05, 3.63) is 63.7 Å². The van der Waals surface area contributed by atoms with E-state index in [0.29, 0.717) is 0 Å². The van der Waals surface area contributed by atoms with Crippen molar-refractivity contribution in [2.45, 2.75) is 13.3 Å². The number of hydrogen-bond acceptors (Lipinski definition) is 6. The minimum absolute atomic E-state index is 0.0323. The van der Waals surface area contributed by atoms with Crippen LogP contribution in [0.2, 0.25) is 0 Å². The lowest BCUT2D eigenvalue weighted by molar-refractivity contribution is -0.385. The molecule has 0 aliphatic carbocycles. The van der Waals surface area contributed by atoms with Crippen molar-refractivity contribution in [3.8, 4) is 5.75 Å². The monoisotopic (exact) mass is 340 g/mol. The van der Waals surface area contributed by atoms with Crippen LogP contribution in [0.1, 0.15) is 34.1 Å². The highest BCUT2D eigenvalue weighted by Gasteiger charge is 2.41. The summed E-state index contributed by atoms with van der Waals surface area (Å²) < 4.78 is 5.08. The molecule has 0 saturated heterocycles. The first kappa shape index (κ1) is 16.3. The van der Waals surface area contributed by atoms with Crippen molar-refractivity contribution in [1.29, 1.82) is 0 Å². The van der Waals surface area contributed by atoms with Gasteiger partial charge in [0.1, 0.15) is 11.3 Å². The van der Waals surface area contributed by atoms with Crippen LogP contribution >= 0.6 is 0 Å². The number of nitro groups is 1. The van der Waals surface area contributed by atoms with Gasteiger partial charge >= 0.3 is 5.97 Å². The van der Waals surface area contributed by atoms with E-state index in [9.17, 15) is 24.5 Å². The average Bonchev–Trinajstić information content (AvgIpc) is 2.86. The molecule has 0 spiro atoms. The largest absolute Gasteiger partial charge is 0.426 e. The number of amides is 2. The summed E-state index contributed by atoms with van der Waals surface area (Å²) in [5, 5.41) is 11.1. The highest BCUT2D eigenvalue weighted by Crippen LogP contribution is 2.34. The van der Waals surface area contributed by atoms with Crippen molar-refractivity contribution >= 4 is 29.2 Å². The minimum atomic E-state index is -0.786. The Bertz CT molecular complexity index is 921. The van der Waals surface area contributed by atoms with Gasteiger partial charge in [-0.3, -0.25) is 24.5 Å². The smallest absolute Gasteiger partial charge is 0.310 e. The molecular weight excluding hydrogens is 328 g/mol. The fraction of sp³-hybridized carbons (Fsp3) is 0.118. The number of carbonyl (C=O) groups is 3. The topological polar surface area (TPSA) is 107 Å². The second kappa shape index (κ2) is 6.16. The molecule has 25 heavy (non-hydrogen) atoms. The van der Waals surface area contributed by atoms with Crippen LogP contribution in [-0.2, 0) is 4.79 Å². The Hall–Kier alpha value is -3.55. The summed E-state index contributed by atoms with van der Waals surface area (Å²) in [6, 6.07) is 9.77. The van der Waals surface area contributed by atoms with Gasteiger partial charge in [-0.15, -0.1) is 0 Å². The Kier molecular flexibility index (Phi) is 4.02. The maximum atomic E-state index is 12.6. The van der Waals surface area contributed by atoms with Gasteiger partial charge in [0.15, 0.2) is 0 Å². The lowest BCUT2D eigenvalue weighted by Crippen LogP contribution is -2.29. The number of anilines is 1. The number of rotatable bonds is 4. The van der Waals surface area contributed by atoms with Gasteiger partial charge in [-0.2, -0.15) is 0 Å². The van der Waals surface area contributed by atoms with Crippen LogP contribution in [0.25, 0.3) is 0 Å². The number of imide groups is 1. The van der Waals surface area contributed by atoms with E-state index < -0.39 is 28.4 Å². The van der Waals surface area contributed by atoms with Crippen LogP contribution in [0.15, 0.2) is 42.5 Å². The van der Waals surface area contributed by atoms with E-state index in [0.717, 1.165) is 4.90 Å². The predicted octanol–water partition coefficient (Wildman–Crippen LogP) is 2.71. The number of benzene rings is 2. The zero-order valence-corrected chi connectivity index (χ0v) is 13.1. The highest BCUT2D eigenvalue weighted by atomic mass is 16.6. The summed E-state index contributed by atoms with van der Waals surface area (Å²) in [5.74, 6) is -1.74. The Morgan fingerprint density at radius 3 is 2.56 bits per heavy atom. The van der Waals surface area contributed by atoms with Gasteiger partial charge in [0, 0.05) is 18.6 Å². The minimum Gasteiger partial charge on any atom is -0.426 e. The first-order valence-corrected chi connectivity index (χ1v) is 7.41. The van der Waals surface area contributed by atoms with E-state index in [1.165, 1.54) is 42.5 Å². The van der Waals surface area contributed by atoms with Gasteiger partial charge in [-0.05, 0) is 18.2 Å². The van der Waals surface area contributed by atoms with Gasteiger partial charge in [-0.1, -0.05) is 19.1 Å². The lowest BCUT2D eigenvalue weighted by Gasteiger charge is -2.14. The van der Waals surface area contributed by atoms with Gasteiger partial charge in [0.25, 0.3) is 17.5 Å². The van der Waals surface area contributed by atoms with Crippen molar-refractivity contribution in [1.82, 2.24) is 0 Å². The summed E-state index contributed by atoms with van der Waals surface area (Å²) in [7, 11) is 0. The van der Waals surface area contributed by atoms with E-state index in [2.05, 4.69) is 0 Å². The number of carbonyl (C=O) groups excluding carboxylic acids is 3. The molecule has 8 heteroatoms. The van der Waals surface area contributed by atoms with E-state index in [4.69, 9.17) is 4.74 Å². The van der Waals surface area contributed by atoms with Crippen LogP contribution in [0.3, 0.4) is 0 Å². The third-order valence-corrected chi connectivity index (χ3v) is 3.69. The van der Waals surface area contributed by atoms with Gasteiger partial charge in [0.2, 0.25) is 0 Å². The Labute approximate surface area is 141 Å². The predicted molar refractivity (Wildman–Crippen MR) is 86.6 cm³/mol. The molecule has 0 N–H and O–H groups in total. The molecule has 0 fully saturated rings. The molecule has 0 atom stereocenters. The summed E-state index contributed by atoms with van der Waals surface area (Å²) in [6.07, 6.45) is 0.170.